The molecular weight excluding hydrogens is 280 g/mol. The van der Waals surface area contributed by atoms with Crippen molar-refractivity contribution in [2.24, 2.45) is 0 Å². The van der Waals surface area contributed by atoms with Crippen LogP contribution in [0.1, 0.15) is 42.3 Å². The quantitative estimate of drug-likeness (QED) is 0.859. The lowest BCUT2D eigenvalue weighted by molar-refractivity contribution is 0.101. The number of phenolic OH excluding ortho intramolecular Hbond substituents is 1. The lowest BCUT2D eigenvalue weighted by Gasteiger charge is -2.11. The number of aromatic nitrogens is 2. The van der Waals surface area contributed by atoms with E-state index in [9.17, 15) is 9.90 Å². The summed E-state index contributed by atoms with van der Waals surface area (Å²) in [6.45, 7) is 5.44. The van der Waals surface area contributed by atoms with Gasteiger partial charge < -0.3 is 9.84 Å². The Bertz CT molecular complexity index is 686. The minimum absolute atomic E-state index is 0.127. The molecule has 0 spiro atoms. The second kappa shape index (κ2) is 6.56. The monoisotopic (exact) mass is 300 g/mol. The Labute approximate surface area is 130 Å². The maximum absolute atomic E-state index is 11.7. The van der Waals surface area contributed by atoms with Gasteiger partial charge >= 0.3 is 0 Å². The predicted molar refractivity (Wildman–Crippen MR) is 84.4 cm³/mol. The van der Waals surface area contributed by atoms with E-state index in [0.717, 1.165) is 29.5 Å². The number of benzene rings is 1. The largest absolute Gasteiger partial charge is 0.507 e. The SMILES string of the molecule is CCc1cc(-c2cc(C(C)=O)c(OC)nn2)cc(CC)c1O. The third kappa shape index (κ3) is 2.93. The van der Waals surface area contributed by atoms with E-state index in [4.69, 9.17) is 4.74 Å². The Morgan fingerprint density at radius 3 is 2.18 bits per heavy atom. The van der Waals surface area contributed by atoms with Crippen molar-refractivity contribution in [1.82, 2.24) is 10.2 Å². The Kier molecular flexibility index (Phi) is 4.75. The number of rotatable bonds is 5. The fourth-order valence-electron chi connectivity index (χ4n) is 2.37. The van der Waals surface area contributed by atoms with Gasteiger partial charge in [-0.25, -0.2) is 0 Å². The molecule has 116 valence electrons. The van der Waals surface area contributed by atoms with E-state index in [1.165, 1.54) is 14.0 Å². The standard InChI is InChI=1S/C17H20N2O3/c1-5-11-7-13(8-12(6-2)16(11)21)15-9-14(10(3)20)17(22-4)19-18-15/h7-9,21H,5-6H2,1-4H3. The molecule has 1 N–H and O–H groups in total. The maximum Gasteiger partial charge on any atom is 0.244 e. The number of aryl methyl sites for hydroxylation is 2. The van der Waals surface area contributed by atoms with Crippen LogP contribution in [-0.2, 0) is 12.8 Å². The van der Waals surface area contributed by atoms with Crippen molar-refractivity contribution in [3.8, 4) is 22.9 Å². The van der Waals surface area contributed by atoms with Crippen molar-refractivity contribution in [3.05, 3.63) is 34.9 Å². The number of hydrogen-bond acceptors (Lipinski definition) is 5. The van der Waals surface area contributed by atoms with E-state index in [0.29, 0.717) is 17.0 Å². The summed E-state index contributed by atoms with van der Waals surface area (Å²) in [6.07, 6.45) is 1.44. The smallest absolute Gasteiger partial charge is 0.244 e. The molecule has 22 heavy (non-hydrogen) atoms. The maximum atomic E-state index is 11.7. The van der Waals surface area contributed by atoms with Crippen molar-refractivity contribution in [2.45, 2.75) is 33.6 Å². The average Bonchev–Trinajstić information content (AvgIpc) is 2.54. The van der Waals surface area contributed by atoms with E-state index in [1.807, 2.05) is 26.0 Å². The van der Waals surface area contributed by atoms with Gasteiger partial charge in [0.2, 0.25) is 5.88 Å². The van der Waals surface area contributed by atoms with Crippen LogP contribution in [0, 0.1) is 0 Å². The summed E-state index contributed by atoms with van der Waals surface area (Å²) in [6, 6.07) is 5.45. The van der Waals surface area contributed by atoms with Crippen molar-refractivity contribution in [3.63, 3.8) is 0 Å². The van der Waals surface area contributed by atoms with Gasteiger partial charge in [-0.2, -0.15) is 0 Å². The van der Waals surface area contributed by atoms with E-state index >= 15 is 0 Å². The molecule has 2 rings (SSSR count). The molecule has 0 aliphatic heterocycles. The van der Waals surface area contributed by atoms with Crippen LogP contribution in [0.5, 0.6) is 11.6 Å². The van der Waals surface area contributed by atoms with E-state index < -0.39 is 0 Å². The highest BCUT2D eigenvalue weighted by Gasteiger charge is 2.15. The Hall–Kier alpha value is -2.43. The fraction of sp³-hybridized carbons (Fsp3) is 0.353. The minimum Gasteiger partial charge on any atom is -0.507 e. The van der Waals surface area contributed by atoms with Crippen LogP contribution in [-0.4, -0.2) is 28.2 Å². The van der Waals surface area contributed by atoms with Crippen LogP contribution in [0.15, 0.2) is 18.2 Å². The van der Waals surface area contributed by atoms with Gasteiger partial charge in [0.1, 0.15) is 5.75 Å². The molecule has 0 aliphatic carbocycles. The first-order valence-electron chi connectivity index (χ1n) is 7.29. The Balaban J connectivity index is 2.61. The third-order valence-corrected chi connectivity index (χ3v) is 3.66. The summed E-state index contributed by atoms with van der Waals surface area (Å²) in [5.41, 5.74) is 3.55. The van der Waals surface area contributed by atoms with E-state index in [-0.39, 0.29) is 11.7 Å². The van der Waals surface area contributed by atoms with Crippen molar-refractivity contribution < 1.29 is 14.6 Å². The molecule has 0 amide bonds. The fourth-order valence-corrected chi connectivity index (χ4v) is 2.37. The van der Waals surface area contributed by atoms with Crippen LogP contribution in [0.2, 0.25) is 0 Å². The molecule has 2 aromatic rings. The van der Waals surface area contributed by atoms with Crippen molar-refractivity contribution in [1.29, 1.82) is 0 Å². The molecule has 0 atom stereocenters. The third-order valence-electron chi connectivity index (χ3n) is 3.66. The first-order valence-corrected chi connectivity index (χ1v) is 7.29. The van der Waals surface area contributed by atoms with Gasteiger partial charge in [-0.3, -0.25) is 4.79 Å². The highest BCUT2D eigenvalue weighted by Crippen LogP contribution is 2.31. The molecule has 0 radical (unpaired) electrons. The molecule has 0 bridgehead atoms. The highest BCUT2D eigenvalue weighted by molar-refractivity contribution is 5.97. The molecule has 1 aromatic carbocycles. The molecule has 0 saturated heterocycles. The van der Waals surface area contributed by atoms with Gasteiger partial charge in [-0.1, -0.05) is 13.8 Å². The molecule has 0 fully saturated rings. The number of ether oxygens (including phenoxy) is 1. The van der Waals surface area contributed by atoms with E-state index in [1.54, 1.807) is 6.07 Å². The number of carbonyl (C=O) groups excluding carboxylic acids is 1. The van der Waals surface area contributed by atoms with Crippen LogP contribution in [0.4, 0.5) is 0 Å². The summed E-state index contributed by atoms with van der Waals surface area (Å²) in [5, 5.41) is 18.3. The highest BCUT2D eigenvalue weighted by atomic mass is 16.5. The molecule has 0 unspecified atom stereocenters. The molecule has 5 nitrogen and oxygen atoms in total. The van der Waals surface area contributed by atoms with Crippen molar-refractivity contribution in [2.75, 3.05) is 7.11 Å². The molecule has 5 heteroatoms. The number of ketones is 1. The zero-order chi connectivity index (χ0) is 16.3. The predicted octanol–water partition coefficient (Wildman–Crippen LogP) is 3.19. The zero-order valence-electron chi connectivity index (χ0n) is 13.3. The topological polar surface area (TPSA) is 72.3 Å². The number of hydrogen-bond donors (Lipinski definition) is 1. The minimum atomic E-state index is -0.127. The number of nitrogens with zero attached hydrogens (tertiary/aromatic N) is 2. The lowest BCUT2D eigenvalue weighted by atomic mass is 9.98. The van der Waals surface area contributed by atoms with Gasteiger partial charge in [0.25, 0.3) is 0 Å². The summed E-state index contributed by atoms with van der Waals surface area (Å²) < 4.78 is 5.07. The molecule has 1 heterocycles. The Morgan fingerprint density at radius 2 is 1.73 bits per heavy atom. The zero-order valence-corrected chi connectivity index (χ0v) is 13.3. The van der Waals surface area contributed by atoms with Gasteiger partial charge in [0.05, 0.1) is 18.4 Å². The summed E-state index contributed by atoms with van der Waals surface area (Å²) in [5.74, 6) is 0.432. The molecule has 1 aromatic heterocycles. The summed E-state index contributed by atoms with van der Waals surface area (Å²) in [7, 11) is 1.46. The normalized spacial score (nSPS) is 10.5. The van der Waals surface area contributed by atoms with Gasteiger partial charge in [-0.05, 0) is 49.1 Å². The summed E-state index contributed by atoms with van der Waals surface area (Å²) in [4.78, 5) is 11.7. The second-order valence-electron chi connectivity index (χ2n) is 5.06. The van der Waals surface area contributed by atoms with Gasteiger partial charge in [0.15, 0.2) is 5.78 Å². The molecular formula is C17H20N2O3. The van der Waals surface area contributed by atoms with Crippen molar-refractivity contribution >= 4 is 5.78 Å². The first kappa shape index (κ1) is 15.9. The molecule has 0 saturated carbocycles. The van der Waals surface area contributed by atoms with Gasteiger partial charge in [-0.15, -0.1) is 10.2 Å². The number of carbonyl (C=O) groups is 1. The number of phenols is 1. The lowest BCUT2D eigenvalue weighted by Crippen LogP contribution is -2.03. The Morgan fingerprint density at radius 1 is 1.14 bits per heavy atom. The number of aromatic hydroxyl groups is 1. The van der Waals surface area contributed by atoms with E-state index in [2.05, 4.69) is 10.2 Å². The van der Waals surface area contributed by atoms with Crippen LogP contribution >= 0.6 is 0 Å². The van der Waals surface area contributed by atoms with Crippen LogP contribution in [0.25, 0.3) is 11.3 Å². The van der Waals surface area contributed by atoms with Gasteiger partial charge in [0, 0.05) is 5.56 Å². The van der Waals surface area contributed by atoms with Crippen LogP contribution < -0.4 is 4.74 Å². The van der Waals surface area contributed by atoms with Crippen LogP contribution in [0.3, 0.4) is 0 Å². The number of Topliss-reactive ketones (excluding diaryl/α,β-unsaturated/α-hetero) is 1. The average molecular weight is 300 g/mol. The number of methoxy groups -OCH3 is 1. The summed E-state index contributed by atoms with van der Waals surface area (Å²) >= 11 is 0. The first-order chi connectivity index (χ1) is 10.5. The second-order valence-corrected chi connectivity index (χ2v) is 5.06. The molecule has 0 aliphatic rings.